The molecule has 3 rings (SSSR count). The minimum absolute atomic E-state index is 0.0703. The molecule has 3 aromatic rings. The molecule has 148 valence electrons. The van der Waals surface area contributed by atoms with Crippen molar-refractivity contribution >= 4 is 44.2 Å². The van der Waals surface area contributed by atoms with E-state index >= 15 is 0 Å². The van der Waals surface area contributed by atoms with Crippen LogP contribution in [0.25, 0.3) is 10.2 Å². The van der Waals surface area contributed by atoms with E-state index in [0.29, 0.717) is 18.0 Å². The van der Waals surface area contributed by atoms with Gasteiger partial charge in [-0.25, -0.2) is 4.98 Å². The lowest BCUT2D eigenvalue weighted by Gasteiger charge is -2.21. The van der Waals surface area contributed by atoms with Crippen LogP contribution in [-0.4, -0.2) is 43.0 Å². The largest absolute Gasteiger partial charge is 0.309 e. The number of carbonyl (C=O) groups is 1. The fourth-order valence-electron chi connectivity index (χ4n) is 3.19. The standard InChI is InChI=1S/C22H26ClN3OS/c1-15-9-10-17(16(2)13-15)14-20(27)26(12-6-11-25(3)4)22-24-21-18(23)7-5-8-19(21)28-22/h5,7-10,13H,6,11-12,14H2,1-4H3. The fourth-order valence-corrected chi connectivity index (χ4v) is 4.50. The number of thiazole rings is 1. The Balaban J connectivity index is 1.88. The molecule has 0 aliphatic rings. The smallest absolute Gasteiger partial charge is 0.233 e. The van der Waals surface area contributed by atoms with Crippen LogP contribution in [0.1, 0.15) is 23.1 Å². The Morgan fingerprint density at radius 3 is 2.61 bits per heavy atom. The van der Waals surface area contributed by atoms with Crippen LogP contribution in [0.4, 0.5) is 5.13 Å². The lowest BCUT2D eigenvalue weighted by molar-refractivity contribution is -0.118. The number of nitrogens with zero attached hydrogens (tertiary/aromatic N) is 3. The summed E-state index contributed by atoms with van der Waals surface area (Å²) in [5, 5.41) is 1.34. The zero-order valence-corrected chi connectivity index (χ0v) is 18.4. The first-order valence-corrected chi connectivity index (χ1v) is 10.6. The van der Waals surface area contributed by atoms with E-state index < -0.39 is 0 Å². The van der Waals surface area contributed by atoms with Gasteiger partial charge in [-0.1, -0.05) is 52.8 Å². The van der Waals surface area contributed by atoms with Gasteiger partial charge in [-0.2, -0.15) is 0 Å². The van der Waals surface area contributed by atoms with Crippen LogP contribution >= 0.6 is 22.9 Å². The molecule has 0 bridgehead atoms. The first-order chi connectivity index (χ1) is 13.3. The summed E-state index contributed by atoms with van der Waals surface area (Å²) in [6, 6.07) is 12.0. The molecule has 4 nitrogen and oxygen atoms in total. The number of fused-ring (bicyclic) bond motifs is 1. The van der Waals surface area contributed by atoms with Crippen LogP contribution in [0.5, 0.6) is 0 Å². The average Bonchev–Trinajstić information content (AvgIpc) is 3.06. The molecule has 0 aliphatic heterocycles. The van der Waals surface area contributed by atoms with E-state index in [1.165, 1.54) is 16.9 Å². The van der Waals surface area contributed by atoms with E-state index in [-0.39, 0.29) is 5.91 Å². The van der Waals surface area contributed by atoms with Gasteiger partial charge in [0.05, 0.1) is 16.1 Å². The number of aryl methyl sites for hydroxylation is 2. The van der Waals surface area contributed by atoms with Gasteiger partial charge in [0.25, 0.3) is 0 Å². The molecule has 0 radical (unpaired) electrons. The molecule has 0 atom stereocenters. The van der Waals surface area contributed by atoms with Gasteiger partial charge < -0.3 is 4.90 Å². The molecule has 1 aromatic heterocycles. The van der Waals surface area contributed by atoms with E-state index in [1.54, 1.807) is 0 Å². The molecular weight excluding hydrogens is 390 g/mol. The maximum absolute atomic E-state index is 13.2. The second-order valence-electron chi connectivity index (χ2n) is 7.39. The third-order valence-electron chi connectivity index (χ3n) is 4.72. The highest BCUT2D eigenvalue weighted by Gasteiger charge is 2.21. The predicted molar refractivity (Wildman–Crippen MR) is 120 cm³/mol. The molecule has 0 fully saturated rings. The third-order valence-corrected chi connectivity index (χ3v) is 6.07. The van der Waals surface area contributed by atoms with Crippen LogP contribution < -0.4 is 4.90 Å². The number of carbonyl (C=O) groups excluding carboxylic acids is 1. The first kappa shape index (κ1) is 20.8. The molecule has 0 saturated heterocycles. The van der Waals surface area contributed by atoms with Gasteiger partial charge in [0.2, 0.25) is 5.91 Å². The number of hydrogen-bond acceptors (Lipinski definition) is 4. The monoisotopic (exact) mass is 415 g/mol. The van der Waals surface area contributed by atoms with Crippen molar-refractivity contribution in [1.29, 1.82) is 0 Å². The fraction of sp³-hybridized carbons (Fsp3) is 0.364. The molecule has 0 spiro atoms. The highest BCUT2D eigenvalue weighted by atomic mass is 35.5. The minimum Gasteiger partial charge on any atom is -0.309 e. The molecule has 6 heteroatoms. The second-order valence-corrected chi connectivity index (χ2v) is 8.81. The molecule has 0 saturated carbocycles. The molecule has 0 unspecified atom stereocenters. The maximum atomic E-state index is 13.2. The van der Waals surface area contributed by atoms with E-state index in [2.05, 4.69) is 41.9 Å². The average molecular weight is 416 g/mol. The van der Waals surface area contributed by atoms with E-state index in [1.807, 2.05) is 37.2 Å². The number of rotatable bonds is 7. The topological polar surface area (TPSA) is 36.4 Å². The van der Waals surface area contributed by atoms with Crippen LogP contribution in [0.15, 0.2) is 36.4 Å². The van der Waals surface area contributed by atoms with Crippen molar-refractivity contribution in [3.63, 3.8) is 0 Å². The number of para-hydroxylation sites is 1. The Labute approximate surface area is 175 Å². The molecule has 1 amide bonds. The normalized spacial score (nSPS) is 11.4. The van der Waals surface area contributed by atoms with Crippen LogP contribution in [0.2, 0.25) is 5.02 Å². The molecule has 1 heterocycles. The summed E-state index contributed by atoms with van der Waals surface area (Å²) in [6.45, 7) is 5.68. The quantitative estimate of drug-likeness (QED) is 0.539. The van der Waals surface area contributed by atoms with Crippen LogP contribution in [0, 0.1) is 13.8 Å². The summed E-state index contributed by atoms with van der Waals surface area (Å²) in [5.74, 6) is 0.0703. The molecule has 0 aliphatic carbocycles. The summed E-state index contributed by atoms with van der Waals surface area (Å²) in [5.41, 5.74) is 4.18. The molecule has 2 aromatic carbocycles. The van der Waals surface area contributed by atoms with Crippen molar-refractivity contribution in [2.24, 2.45) is 0 Å². The van der Waals surface area contributed by atoms with Crippen LogP contribution in [0.3, 0.4) is 0 Å². The number of halogens is 1. The zero-order chi connectivity index (χ0) is 20.3. The molecular formula is C22H26ClN3OS. The lowest BCUT2D eigenvalue weighted by atomic mass is 10.0. The zero-order valence-electron chi connectivity index (χ0n) is 16.8. The Kier molecular flexibility index (Phi) is 6.70. The van der Waals surface area contributed by atoms with Crippen molar-refractivity contribution in [2.45, 2.75) is 26.7 Å². The number of hydrogen-bond donors (Lipinski definition) is 0. The van der Waals surface area contributed by atoms with Gasteiger partial charge in [-0.15, -0.1) is 0 Å². The van der Waals surface area contributed by atoms with Gasteiger partial charge in [0, 0.05) is 6.54 Å². The van der Waals surface area contributed by atoms with E-state index in [0.717, 1.165) is 39.4 Å². The van der Waals surface area contributed by atoms with Crippen molar-refractivity contribution in [3.8, 4) is 0 Å². The summed E-state index contributed by atoms with van der Waals surface area (Å²) < 4.78 is 0.999. The number of anilines is 1. The summed E-state index contributed by atoms with van der Waals surface area (Å²) in [4.78, 5) is 21.9. The Bertz CT molecular complexity index is 983. The SMILES string of the molecule is Cc1ccc(CC(=O)N(CCCN(C)C)c2nc3c(Cl)cccc3s2)c(C)c1. The number of benzene rings is 2. The van der Waals surface area contributed by atoms with Crippen molar-refractivity contribution in [3.05, 3.63) is 58.1 Å². The van der Waals surface area contributed by atoms with Gasteiger partial charge >= 0.3 is 0 Å². The first-order valence-electron chi connectivity index (χ1n) is 9.41. The third kappa shape index (κ3) is 4.90. The van der Waals surface area contributed by atoms with Crippen molar-refractivity contribution in [2.75, 3.05) is 32.1 Å². The Hall–Kier alpha value is -1.95. The predicted octanol–water partition coefficient (Wildman–Crippen LogP) is 5.09. The lowest BCUT2D eigenvalue weighted by Crippen LogP contribution is -2.34. The summed E-state index contributed by atoms with van der Waals surface area (Å²) in [7, 11) is 4.08. The Morgan fingerprint density at radius 1 is 1.14 bits per heavy atom. The van der Waals surface area contributed by atoms with Crippen molar-refractivity contribution < 1.29 is 4.79 Å². The number of amides is 1. The van der Waals surface area contributed by atoms with Gasteiger partial charge in [0.15, 0.2) is 5.13 Å². The Morgan fingerprint density at radius 2 is 1.93 bits per heavy atom. The molecule has 28 heavy (non-hydrogen) atoms. The van der Waals surface area contributed by atoms with Gasteiger partial charge in [-0.05, 0) is 64.2 Å². The van der Waals surface area contributed by atoms with Crippen LogP contribution in [-0.2, 0) is 11.2 Å². The second kappa shape index (κ2) is 9.03. The minimum atomic E-state index is 0.0703. The van der Waals surface area contributed by atoms with Gasteiger partial charge in [0.1, 0.15) is 5.52 Å². The van der Waals surface area contributed by atoms with Gasteiger partial charge in [-0.3, -0.25) is 9.69 Å². The van der Waals surface area contributed by atoms with E-state index in [9.17, 15) is 4.79 Å². The maximum Gasteiger partial charge on any atom is 0.233 e. The molecule has 0 N–H and O–H groups in total. The number of aromatic nitrogens is 1. The summed E-state index contributed by atoms with van der Waals surface area (Å²) >= 11 is 7.82. The highest BCUT2D eigenvalue weighted by molar-refractivity contribution is 7.22. The van der Waals surface area contributed by atoms with E-state index in [4.69, 9.17) is 11.6 Å². The highest BCUT2D eigenvalue weighted by Crippen LogP contribution is 2.33. The van der Waals surface area contributed by atoms with Crippen molar-refractivity contribution in [1.82, 2.24) is 9.88 Å². The summed E-state index contributed by atoms with van der Waals surface area (Å²) in [6.07, 6.45) is 1.26.